The fraction of sp³-hybridized carbons (Fsp3) is 0.200. The Bertz CT molecular complexity index is 753. The summed E-state index contributed by atoms with van der Waals surface area (Å²) in [5.74, 6) is 0.251. The van der Waals surface area contributed by atoms with Crippen LogP contribution in [-0.2, 0) is 10.0 Å². The molecule has 5 nitrogen and oxygen atoms in total. The summed E-state index contributed by atoms with van der Waals surface area (Å²) in [7, 11) is -3.39. The molecule has 6 heteroatoms. The molecule has 1 N–H and O–H groups in total. The Hall–Kier alpha value is -2.21. The highest BCUT2D eigenvalue weighted by Crippen LogP contribution is 2.27. The predicted octanol–water partition coefficient (Wildman–Crippen LogP) is 2.71. The number of sulfonamides is 1. The van der Waals surface area contributed by atoms with E-state index in [1.165, 1.54) is 13.1 Å². The molecule has 2 aromatic rings. The molecule has 1 aromatic heterocycles. The summed E-state index contributed by atoms with van der Waals surface area (Å²) in [6.07, 6.45) is 1.53. The van der Waals surface area contributed by atoms with Crippen molar-refractivity contribution in [2.24, 2.45) is 0 Å². The highest BCUT2D eigenvalue weighted by Gasteiger charge is 2.12. The number of nitrogens with zero attached hydrogens (tertiary/aromatic N) is 1. The first-order valence-corrected chi connectivity index (χ1v) is 8.15. The second-order valence-corrected chi connectivity index (χ2v) is 6.55. The molecule has 0 amide bonds. The Balaban J connectivity index is 2.42. The first-order valence-electron chi connectivity index (χ1n) is 6.50. The molecule has 0 saturated heterocycles. The van der Waals surface area contributed by atoms with Gasteiger partial charge < -0.3 is 0 Å². The van der Waals surface area contributed by atoms with Gasteiger partial charge in [-0.25, -0.2) is 13.4 Å². The average Bonchev–Trinajstić information content (AvgIpc) is 2.47. The van der Waals surface area contributed by atoms with Gasteiger partial charge in [0.2, 0.25) is 10.0 Å². The second kappa shape index (κ2) is 6.05. The van der Waals surface area contributed by atoms with Crippen molar-refractivity contribution in [2.75, 3.05) is 10.5 Å². The van der Waals surface area contributed by atoms with Crippen LogP contribution in [-0.4, -0.2) is 24.9 Å². The van der Waals surface area contributed by atoms with Crippen molar-refractivity contribution in [3.05, 3.63) is 48.2 Å². The largest absolute Gasteiger partial charge is 0.295 e. The number of anilines is 1. The van der Waals surface area contributed by atoms with Crippen molar-refractivity contribution in [1.29, 1.82) is 0 Å². The molecule has 2 rings (SSSR count). The van der Waals surface area contributed by atoms with E-state index in [1.807, 2.05) is 0 Å². The van der Waals surface area contributed by atoms with Crippen LogP contribution in [0.15, 0.2) is 42.6 Å². The van der Waals surface area contributed by atoms with Crippen molar-refractivity contribution >= 4 is 21.6 Å². The molecule has 0 bridgehead atoms. The van der Waals surface area contributed by atoms with Gasteiger partial charge in [0.25, 0.3) is 0 Å². The van der Waals surface area contributed by atoms with E-state index >= 15 is 0 Å². The van der Waals surface area contributed by atoms with Gasteiger partial charge in [-0.3, -0.25) is 9.52 Å². The number of aromatic nitrogens is 1. The van der Waals surface area contributed by atoms with E-state index in [4.69, 9.17) is 0 Å². The lowest BCUT2D eigenvalue weighted by Gasteiger charge is -2.10. The fourth-order valence-electron chi connectivity index (χ4n) is 1.82. The van der Waals surface area contributed by atoms with Crippen LogP contribution >= 0.6 is 0 Å². The fourth-order valence-corrected chi connectivity index (χ4v) is 2.43. The van der Waals surface area contributed by atoms with Crippen molar-refractivity contribution in [3.63, 3.8) is 0 Å². The molecule has 21 heavy (non-hydrogen) atoms. The number of pyridine rings is 1. The van der Waals surface area contributed by atoms with Gasteiger partial charge in [0.1, 0.15) is 5.82 Å². The number of Topliss-reactive ketones (excluding diaryl/α,β-unsaturated/α-hetero) is 1. The Kier molecular flexibility index (Phi) is 4.37. The second-order valence-electron chi connectivity index (χ2n) is 4.54. The number of rotatable bonds is 5. The van der Waals surface area contributed by atoms with E-state index in [2.05, 4.69) is 9.71 Å². The van der Waals surface area contributed by atoms with E-state index in [0.29, 0.717) is 11.1 Å². The zero-order valence-corrected chi connectivity index (χ0v) is 12.6. The molecule has 0 aliphatic rings. The van der Waals surface area contributed by atoms with E-state index in [9.17, 15) is 13.2 Å². The monoisotopic (exact) mass is 304 g/mol. The van der Waals surface area contributed by atoms with Crippen molar-refractivity contribution < 1.29 is 13.2 Å². The first kappa shape index (κ1) is 15.2. The minimum atomic E-state index is -3.39. The molecule has 0 aliphatic heterocycles. The number of nitrogens with one attached hydrogen (secondary N) is 1. The van der Waals surface area contributed by atoms with E-state index in [1.54, 1.807) is 43.3 Å². The summed E-state index contributed by atoms with van der Waals surface area (Å²) in [4.78, 5) is 15.4. The van der Waals surface area contributed by atoms with Crippen LogP contribution in [0, 0.1) is 0 Å². The van der Waals surface area contributed by atoms with Gasteiger partial charge in [0, 0.05) is 17.3 Å². The first-order chi connectivity index (χ1) is 9.93. The number of ketones is 1. The molecule has 0 atom stereocenters. The van der Waals surface area contributed by atoms with Crippen LogP contribution < -0.4 is 4.72 Å². The molecule has 1 heterocycles. The molecule has 0 spiro atoms. The molecule has 1 aromatic carbocycles. The van der Waals surface area contributed by atoms with Crippen LogP contribution in [0.3, 0.4) is 0 Å². The Labute approximate surface area is 124 Å². The summed E-state index contributed by atoms with van der Waals surface area (Å²) >= 11 is 0. The van der Waals surface area contributed by atoms with Gasteiger partial charge in [-0.2, -0.15) is 0 Å². The third-order valence-electron chi connectivity index (χ3n) is 3.04. The zero-order chi connectivity index (χ0) is 15.5. The Morgan fingerprint density at radius 2 is 1.86 bits per heavy atom. The number of carbonyl (C=O) groups is 1. The predicted molar refractivity (Wildman–Crippen MR) is 82.8 cm³/mol. The topological polar surface area (TPSA) is 76.1 Å². The van der Waals surface area contributed by atoms with Crippen LogP contribution in [0.4, 0.5) is 5.82 Å². The normalized spacial score (nSPS) is 11.1. The van der Waals surface area contributed by atoms with Crippen molar-refractivity contribution in [3.8, 4) is 11.1 Å². The molecule has 0 unspecified atom stereocenters. The minimum absolute atomic E-state index is 0.0142. The summed E-state index contributed by atoms with van der Waals surface area (Å²) in [5.41, 5.74) is 2.07. The molecule has 0 fully saturated rings. The quantitative estimate of drug-likeness (QED) is 0.862. The molecule has 0 aliphatic carbocycles. The summed E-state index contributed by atoms with van der Waals surface area (Å²) < 4.78 is 25.9. The lowest BCUT2D eigenvalue weighted by Crippen LogP contribution is -2.16. The number of benzene rings is 1. The van der Waals surface area contributed by atoms with Gasteiger partial charge in [0.15, 0.2) is 5.78 Å². The highest BCUT2D eigenvalue weighted by molar-refractivity contribution is 7.92. The van der Waals surface area contributed by atoms with Crippen LogP contribution in [0.2, 0.25) is 0 Å². The SMILES string of the molecule is CCS(=O)(=O)Nc1ncccc1-c1ccc(C(C)=O)cc1. The summed E-state index contributed by atoms with van der Waals surface area (Å²) in [6.45, 7) is 3.06. The smallest absolute Gasteiger partial charge is 0.233 e. The third kappa shape index (κ3) is 3.66. The van der Waals surface area contributed by atoms with Gasteiger partial charge in [-0.15, -0.1) is 0 Å². The lowest BCUT2D eigenvalue weighted by atomic mass is 10.0. The van der Waals surface area contributed by atoms with Gasteiger partial charge in [0.05, 0.1) is 5.75 Å². The van der Waals surface area contributed by atoms with E-state index in [-0.39, 0.29) is 17.4 Å². The third-order valence-corrected chi connectivity index (χ3v) is 4.31. The van der Waals surface area contributed by atoms with Crippen LogP contribution in [0.25, 0.3) is 11.1 Å². The molecule has 0 saturated carbocycles. The van der Waals surface area contributed by atoms with Gasteiger partial charge >= 0.3 is 0 Å². The zero-order valence-electron chi connectivity index (χ0n) is 11.8. The van der Waals surface area contributed by atoms with Crippen molar-refractivity contribution in [2.45, 2.75) is 13.8 Å². The molecular weight excluding hydrogens is 288 g/mol. The van der Waals surface area contributed by atoms with Crippen LogP contribution in [0.1, 0.15) is 24.2 Å². The molecular formula is C15H16N2O3S. The summed E-state index contributed by atoms with van der Waals surface area (Å²) in [5, 5.41) is 0. The van der Waals surface area contributed by atoms with Crippen molar-refractivity contribution in [1.82, 2.24) is 4.98 Å². The van der Waals surface area contributed by atoms with E-state index in [0.717, 1.165) is 5.56 Å². The maximum absolute atomic E-state index is 11.7. The average molecular weight is 304 g/mol. The van der Waals surface area contributed by atoms with Gasteiger partial charge in [-0.05, 0) is 31.5 Å². The maximum atomic E-state index is 11.7. The standard InChI is InChI=1S/C15H16N2O3S/c1-3-21(19,20)17-15-14(5-4-10-16-15)13-8-6-12(7-9-13)11(2)18/h4-10H,3H2,1-2H3,(H,16,17). The highest BCUT2D eigenvalue weighted by atomic mass is 32.2. The number of hydrogen-bond acceptors (Lipinski definition) is 4. The Morgan fingerprint density at radius 3 is 2.43 bits per heavy atom. The number of hydrogen-bond donors (Lipinski definition) is 1. The van der Waals surface area contributed by atoms with Crippen LogP contribution in [0.5, 0.6) is 0 Å². The lowest BCUT2D eigenvalue weighted by molar-refractivity contribution is 0.101. The molecule has 0 radical (unpaired) electrons. The number of carbonyl (C=O) groups excluding carboxylic acids is 1. The minimum Gasteiger partial charge on any atom is -0.295 e. The van der Waals surface area contributed by atoms with E-state index < -0.39 is 10.0 Å². The Morgan fingerprint density at radius 1 is 1.19 bits per heavy atom. The maximum Gasteiger partial charge on any atom is 0.233 e. The van der Waals surface area contributed by atoms with Gasteiger partial charge in [-0.1, -0.05) is 24.3 Å². The molecule has 110 valence electrons. The summed E-state index contributed by atoms with van der Waals surface area (Å²) in [6, 6.07) is 10.5.